The highest BCUT2D eigenvalue weighted by Crippen LogP contribution is 2.45. The maximum atomic E-state index is 13.0. The van der Waals surface area contributed by atoms with Crippen molar-refractivity contribution in [2.75, 3.05) is 39.6 Å². The van der Waals surface area contributed by atoms with E-state index in [1.165, 1.54) is 122 Å². The zero-order valence-electron chi connectivity index (χ0n) is 55.9. The standard InChI is InChI=1S/C67H130O17P2/c1-9-59(7)45-37-29-20-17-18-22-33-41-49-66(71)83-62(54-78-65(70)48-40-32-25-23-28-36-44-58(5)6)55-81-85(73,74)79-51-61(68)52-80-86(75,76)82-56-63(84-67(72)50-42-34-26-24-30-38-46-60(8)10-2)53-77-64(69)47-39-31-21-16-14-12-11-13-15-19-27-35-43-57(3)4/h57-63,68H,9-56H2,1-8H3,(H,73,74)(H,75,76)/t59?,60?,61-,62+,63+/m0/s1. The summed E-state index contributed by atoms with van der Waals surface area (Å²) in [5, 5.41) is 10.6. The number of hydrogen-bond donors (Lipinski definition) is 3. The first kappa shape index (κ1) is 84.1. The lowest BCUT2D eigenvalue weighted by atomic mass is 9.99. The van der Waals surface area contributed by atoms with Crippen LogP contribution in [0.5, 0.6) is 0 Å². The zero-order valence-corrected chi connectivity index (χ0v) is 57.7. The molecule has 0 spiro atoms. The van der Waals surface area contributed by atoms with E-state index in [9.17, 15) is 43.2 Å². The fourth-order valence-electron chi connectivity index (χ4n) is 9.89. The lowest BCUT2D eigenvalue weighted by Crippen LogP contribution is -2.30. The maximum Gasteiger partial charge on any atom is 0.472 e. The van der Waals surface area contributed by atoms with Gasteiger partial charge >= 0.3 is 39.5 Å². The fraction of sp³-hybridized carbons (Fsp3) is 0.940. The van der Waals surface area contributed by atoms with E-state index in [-0.39, 0.29) is 25.7 Å². The first-order valence-corrected chi connectivity index (χ1v) is 37.8. The summed E-state index contributed by atoms with van der Waals surface area (Å²) in [6.45, 7) is 14.0. The van der Waals surface area contributed by atoms with Gasteiger partial charge in [-0.1, -0.05) is 274 Å². The van der Waals surface area contributed by atoms with Gasteiger partial charge in [0, 0.05) is 25.7 Å². The summed E-state index contributed by atoms with van der Waals surface area (Å²) in [6, 6.07) is 0. The SMILES string of the molecule is CCC(C)CCCCCCCCCCC(=O)O[C@H](COC(=O)CCCCCCCCC(C)C)COP(=O)(O)OC[C@H](O)COP(=O)(O)OC[C@@H](COC(=O)CCCCCCCCCCCCCCC(C)C)OC(=O)CCCCCCCCC(C)CC. The van der Waals surface area contributed by atoms with Crippen LogP contribution in [0.3, 0.4) is 0 Å². The van der Waals surface area contributed by atoms with Crippen LogP contribution in [0, 0.1) is 23.7 Å². The van der Waals surface area contributed by atoms with Crippen molar-refractivity contribution < 1.29 is 80.2 Å². The molecule has 86 heavy (non-hydrogen) atoms. The van der Waals surface area contributed by atoms with E-state index in [1.54, 1.807) is 0 Å². The molecule has 0 aromatic heterocycles. The lowest BCUT2D eigenvalue weighted by molar-refractivity contribution is -0.161. The van der Waals surface area contributed by atoms with E-state index in [1.807, 2.05) is 0 Å². The molecule has 0 aromatic rings. The average Bonchev–Trinajstić information content (AvgIpc) is 3.68. The summed E-state index contributed by atoms with van der Waals surface area (Å²) in [6.07, 6.45) is 37.7. The largest absolute Gasteiger partial charge is 0.472 e. The van der Waals surface area contributed by atoms with Crippen molar-refractivity contribution in [3.63, 3.8) is 0 Å². The number of carbonyl (C=O) groups excluding carboxylic acids is 4. The second-order valence-corrected chi connectivity index (χ2v) is 28.6. The van der Waals surface area contributed by atoms with E-state index in [2.05, 4.69) is 55.4 Å². The van der Waals surface area contributed by atoms with Gasteiger partial charge in [-0.05, 0) is 49.4 Å². The first-order valence-electron chi connectivity index (χ1n) is 34.8. The van der Waals surface area contributed by atoms with E-state index in [0.29, 0.717) is 31.6 Å². The van der Waals surface area contributed by atoms with Gasteiger partial charge in [0.05, 0.1) is 26.4 Å². The van der Waals surface area contributed by atoms with Crippen LogP contribution in [0.2, 0.25) is 0 Å². The summed E-state index contributed by atoms with van der Waals surface area (Å²) in [5.41, 5.74) is 0. The van der Waals surface area contributed by atoms with Gasteiger partial charge in [0.2, 0.25) is 0 Å². The zero-order chi connectivity index (χ0) is 63.9. The van der Waals surface area contributed by atoms with Gasteiger partial charge < -0.3 is 33.8 Å². The summed E-state index contributed by atoms with van der Waals surface area (Å²) < 4.78 is 68.1. The molecule has 0 saturated carbocycles. The fourth-order valence-corrected chi connectivity index (χ4v) is 11.5. The number of hydrogen-bond acceptors (Lipinski definition) is 15. The Bertz CT molecular complexity index is 1720. The number of aliphatic hydroxyl groups excluding tert-OH is 1. The van der Waals surface area contributed by atoms with Crippen LogP contribution in [-0.2, 0) is 65.4 Å². The Kier molecular flexibility index (Phi) is 55.7. The minimum absolute atomic E-state index is 0.102. The average molecular weight is 1270 g/mol. The van der Waals surface area contributed by atoms with Crippen LogP contribution in [-0.4, -0.2) is 96.7 Å². The highest BCUT2D eigenvalue weighted by atomic mass is 31.2. The predicted octanol–water partition coefficient (Wildman–Crippen LogP) is 18.5. The van der Waals surface area contributed by atoms with Gasteiger partial charge in [-0.2, -0.15) is 0 Å². The van der Waals surface area contributed by atoms with Crippen molar-refractivity contribution in [2.24, 2.45) is 23.7 Å². The number of unbranched alkanes of at least 4 members (excludes halogenated alkanes) is 28. The van der Waals surface area contributed by atoms with Gasteiger partial charge in [0.1, 0.15) is 19.3 Å². The Hall–Kier alpha value is -1.94. The van der Waals surface area contributed by atoms with Crippen LogP contribution >= 0.6 is 15.6 Å². The minimum atomic E-state index is -4.95. The number of ether oxygens (including phenoxy) is 4. The Morgan fingerprint density at radius 3 is 0.826 bits per heavy atom. The molecule has 0 bridgehead atoms. The second-order valence-electron chi connectivity index (χ2n) is 25.6. The molecule has 0 heterocycles. The summed E-state index contributed by atoms with van der Waals surface area (Å²) in [5.74, 6) is 0.812. The minimum Gasteiger partial charge on any atom is -0.462 e. The van der Waals surface area contributed by atoms with Crippen LogP contribution in [0.25, 0.3) is 0 Å². The topological polar surface area (TPSA) is 237 Å². The van der Waals surface area contributed by atoms with E-state index in [4.69, 9.17) is 37.0 Å². The van der Waals surface area contributed by atoms with E-state index < -0.39 is 97.5 Å². The molecule has 0 radical (unpaired) electrons. The molecule has 17 nitrogen and oxygen atoms in total. The third-order valence-corrected chi connectivity index (χ3v) is 17.9. The highest BCUT2D eigenvalue weighted by molar-refractivity contribution is 7.47. The quantitative estimate of drug-likeness (QED) is 0.0222. The van der Waals surface area contributed by atoms with E-state index in [0.717, 1.165) is 114 Å². The molecule has 7 atom stereocenters. The predicted molar refractivity (Wildman–Crippen MR) is 344 cm³/mol. The third-order valence-electron chi connectivity index (χ3n) is 16.0. The van der Waals surface area contributed by atoms with Crippen molar-refractivity contribution in [1.82, 2.24) is 0 Å². The van der Waals surface area contributed by atoms with Crippen molar-refractivity contribution >= 4 is 39.5 Å². The molecular formula is C67H130O17P2. The molecular weight excluding hydrogens is 1140 g/mol. The maximum absolute atomic E-state index is 13.0. The Balaban J connectivity index is 5.23. The van der Waals surface area contributed by atoms with Crippen LogP contribution in [0.1, 0.15) is 325 Å². The first-order chi connectivity index (χ1) is 41.2. The molecule has 0 aromatic carbocycles. The second kappa shape index (κ2) is 57.0. The molecule has 4 unspecified atom stereocenters. The number of carbonyl (C=O) groups is 4. The molecule has 510 valence electrons. The number of aliphatic hydroxyl groups is 1. The molecule has 0 fully saturated rings. The summed E-state index contributed by atoms with van der Waals surface area (Å²) in [7, 11) is -9.90. The molecule has 0 saturated heterocycles. The lowest BCUT2D eigenvalue weighted by Gasteiger charge is -2.21. The van der Waals surface area contributed by atoms with Crippen molar-refractivity contribution in [2.45, 2.75) is 343 Å². The van der Waals surface area contributed by atoms with Crippen molar-refractivity contribution in [1.29, 1.82) is 0 Å². The van der Waals surface area contributed by atoms with Gasteiger partial charge in [0.15, 0.2) is 12.2 Å². The van der Waals surface area contributed by atoms with Crippen LogP contribution in [0.4, 0.5) is 0 Å². The van der Waals surface area contributed by atoms with E-state index >= 15 is 0 Å². The molecule has 0 amide bonds. The van der Waals surface area contributed by atoms with Crippen LogP contribution in [0.15, 0.2) is 0 Å². The Labute approximate surface area is 524 Å². The normalized spacial score (nSPS) is 15.0. The van der Waals surface area contributed by atoms with Gasteiger partial charge in [-0.25, -0.2) is 9.13 Å². The summed E-state index contributed by atoms with van der Waals surface area (Å²) in [4.78, 5) is 72.3. The number of phosphoric acid groups is 2. The monoisotopic (exact) mass is 1270 g/mol. The molecule has 0 rings (SSSR count). The van der Waals surface area contributed by atoms with Gasteiger partial charge in [-0.15, -0.1) is 0 Å². The summed E-state index contributed by atoms with van der Waals surface area (Å²) >= 11 is 0. The molecule has 3 N–H and O–H groups in total. The Morgan fingerprint density at radius 2 is 0.558 bits per heavy atom. The molecule has 19 heteroatoms. The van der Waals surface area contributed by atoms with Gasteiger partial charge in [0.25, 0.3) is 0 Å². The van der Waals surface area contributed by atoms with Crippen molar-refractivity contribution in [3.05, 3.63) is 0 Å². The Morgan fingerprint density at radius 1 is 0.326 bits per heavy atom. The third kappa shape index (κ3) is 58.4. The van der Waals surface area contributed by atoms with Gasteiger partial charge in [-0.3, -0.25) is 37.3 Å². The number of phosphoric ester groups is 2. The number of esters is 4. The molecule has 0 aliphatic rings. The smallest absolute Gasteiger partial charge is 0.462 e. The number of rotatable bonds is 64. The van der Waals surface area contributed by atoms with Crippen molar-refractivity contribution in [3.8, 4) is 0 Å². The van der Waals surface area contributed by atoms with Crippen LogP contribution < -0.4 is 0 Å². The molecule has 0 aliphatic heterocycles. The molecule has 0 aliphatic carbocycles. The highest BCUT2D eigenvalue weighted by Gasteiger charge is 2.30.